The fourth-order valence-electron chi connectivity index (χ4n) is 4.43. The van der Waals surface area contributed by atoms with Crippen LogP contribution in [0.2, 0.25) is 0 Å². The van der Waals surface area contributed by atoms with E-state index in [9.17, 15) is 13.2 Å². The first-order valence-corrected chi connectivity index (χ1v) is 15.7. The van der Waals surface area contributed by atoms with E-state index in [1.54, 1.807) is 33.5 Å². The highest BCUT2D eigenvalue weighted by Crippen LogP contribution is 2.48. The lowest BCUT2D eigenvalue weighted by Crippen LogP contribution is -2.13. The smallest absolute Gasteiger partial charge is 0.203 e. The van der Waals surface area contributed by atoms with Crippen LogP contribution in [-0.2, 0) is 19.4 Å². The number of alkyl halides is 1. The van der Waals surface area contributed by atoms with Crippen molar-refractivity contribution in [2.45, 2.75) is 56.1 Å². The summed E-state index contributed by atoms with van der Waals surface area (Å²) in [4.78, 5) is 11.0. The molecule has 0 unspecified atom stereocenters. The maximum atomic E-state index is 13.3. The Morgan fingerprint density at radius 1 is 0.897 bits per heavy atom. The quantitative estimate of drug-likeness (QED) is 0.133. The monoisotopic (exact) mass is 628 g/mol. The predicted molar refractivity (Wildman–Crippen MR) is 151 cm³/mol. The van der Waals surface area contributed by atoms with Crippen molar-refractivity contribution in [3.05, 3.63) is 35.4 Å². The van der Waals surface area contributed by atoms with E-state index in [4.69, 9.17) is 28.4 Å². The molecule has 2 aromatic rings. The fraction of sp³-hybridized carbons (Fsp3) is 0.536. The third kappa shape index (κ3) is 7.58. The topological polar surface area (TPSA) is 107 Å². The molecule has 9 nitrogen and oxygen atoms in total. The van der Waals surface area contributed by atoms with Gasteiger partial charge in [-0.3, -0.25) is 0 Å². The number of benzene rings is 2. The van der Waals surface area contributed by atoms with Crippen molar-refractivity contribution >= 4 is 32.1 Å². The Hall–Kier alpha value is -2.50. The highest BCUT2D eigenvalue weighted by atomic mass is 79.9. The van der Waals surface area contributed by atoms with Crippen LogP contribution in [0.5, 0.6) is 28.7 Å². The summed E-state index contributed by atoms with van der Waals surface area (Å²) in [5.74, 6) is 1.77. The van der Waals surface area contributed by atoms with Crippen LogP contribution in [0.1, 0.15) is 62.4 Å². The van der Waals surface area contributed by atoms with Crippen molar-refractivity contribution < 1.29 is 41.6 Å². The second kappa shape index (κ2) is 14.8. The van der Waals surface area contributed by atoms with Crippen LogP contribution >= 0.6 is 15.9 Å². The number of halogens is 1. The zero-order valence-electron chi connectivity index (χ0n) is 22.9. The molecule has 1 aliphatic heterocycles. The van der Waals surface area contributed by atoms with E-state index in [1.807, 2.05) is 19.1 Å². The van der Waals surface area contributed by atoms with Gasteiger partial charge in [-0.2, -0.15) is 0 Å². The van der Waals surface area contributed by atoms with Crippen LogP contribution in [0.4, 0.5) is 0 Å². The number of methoxy groups -OCH3 is 3. The predicted octanol–water partition coefficient (Wildman–Crippen LogP) is 5.62. The Morgan fingerprint density at radius 3 is 2.05 bits per heavy atom. The van der Waals surface area contributed by atoms with E-state index in [2.05, 4.69) is 15.9 Å². The third-order valence-electron chi connectivity index (χ3n) is 6.32. The molecule has 0 aliphatic carbocycles. The number of hydrogen-bond acceptors (Lipinski definition) is 9. The van der Waals surface area contributed by atoms with Gasteiger partial charge in [-0.05, 0) is 61.1 Å². The van der Waals surface area contributed by atoms with Gasteiger partial charge in [0.15, 0.2) is 32.8 Å². The van der Waals surface area contributed by atoms with Gasteiger partial charge in [0, 0.05) is 11.8 Å². The Balaban J connectivity index is 2.02. The summed E-state index contributed by atoms with van der Waals surface area (Å²) in [6.07, 6.45) is 2.62. The fourth-order valence-corrected chi connectivity index (χ4v) is 6.05. The SMILES string of the molecule is CCCOc1c(OCCCBr)cc([C@@H]2CC[C@@H](c3cc(OC)c(OC)c(OC)c3)O2)cc1S(=O)(=O)CCC=O. The Kier molecular flexibility index (Phi) is 11.7. The van der Waals surface area contributed by atoms with Crippen molar-refractivity contribution in [2.24, 2.45) is 0 Å². The first-order valence-electron chi connectivity index (χ1n) is 12.9. The minimum Gasteiger partial charge on any atom is -0.493 e. The number of rotatable bonds is 16. The van der Waals surface area contributed by atoms with E-state index >= 15 is 0 Å². The number of sulfone groups is 1. The van der Waals surface area contributed by atoms with Crippen molar-refractivity contribution in [2.75, 3.05) is 45.6 Å². The molecule has 2 atom stereocenters. The molecule has 11 heteroatoms. The van der Waals surface area contributed by atoms with Gasteiger partial charge in [-0.1, -0.05) is 22.9 Å². The summed E-state index contributed by atoms with van der Waals surface area (Å²) in [7, 11) is 0.843. The van der Waals surface area contributed by atoms with Gasteiger partial charge in [0.05, 0.1) is 52.5 Å². The average Bonchev–Trinajstić information content (AvgIpc) is 3.44. The molecule has 0 amide bonds. The molecule has 1 fully saturated rings. The second-order valence-corrected chi connectivity index (χ2v) is 11.9. The molecule has 0 radical (unpaired) electrons. The zero-order chi connectivity index (χ0) is 28.4. The molecule has 0 N–H and O–H groups in total. The first-order chi connectivity index (χ1) is 18.8. The molecular weight excluding hydrogens is 592 g/mol. The largest absolute Gasteiger partial charge is 0.493 e. The molecule has 1 saturated heterocycles. The summed E-state index contributed by atoms with van der Waals surface area (Å²) in [6.45, 7) is 2.65. The van der Waals surface area contributed by atoms with Crippen molar-refractivity contribution in [1.29, 1.82) is 0 Å². The Bertz CT molecular complexity index is 1190. The molecule has 216 valence electrons. The highest BCUT2D eigenvalue weighted by molar-refractivity contribution is 9.09. The highest BCUT2D eigenvalue weighted by Gasteiger charge is 2.33. The van der Waals surface area contributed by atoms with Crippen molar-refractivity contribution in [3.8, 4) is 28.7 Å². The number of ether oxygens (including phenoxy) is 6. The number of aldehydes is 1. The third-order valence-corrected chi connectivity index (χ3v) is 8.63. The maximum absolute atomic E-state index is 13.3. The normalized spacial score (nSPS) is 17.1. The summed E-state index contributed by atoms with van der Waals surface area (Å²) in [5, 5.41) is 0.741. The van der Waals surface area contributed by atoms with E-state index in [0.29, 0.717) is 67.3 Å². The zero-order valence-corrected chi connectivity index (χ0v) is 25.3. The number of hydrogen-bond donors (Lipinski definition) is 0. The van der Waals surface area contributed by atoms with Crippen LogP contribution < -0.4 is 23.7 Å². The minimum atomic E-state index is -3.83. The van der Waals surface area contributed by atoms with Crippen LogP contribution in [0, 0.1) is 0 Å². The summed E-state index contributed by atoms with van der Waals surface area (Å²) in [6, 6.07) is 7.13. The molecule has 0 aromatic heterocycles. The van der Waals surface area contributed by atoms with Gasteiger partial charge >= 0.3 is 0 Å². The lowest BCUT2D eigenvalue weighted by Gasteiger charge is -2.21. The van der Waals surface area contributed by atoms with Gasteiger partial charge in [0.25, 0.3) is 0 Å². The van der Waals surface area contributed by atoms with Gasteiger partial charge < -0.3 is 33.2 Å². The molecule has 39 heavy (non-hydrogen) atoms. The molecule has 0 bridgehead atoms. The molecule has 1 aliphatic rings. The van der Waals surface area contributed by atoms with Gasteiger partial charge in [-0.25, -0.2) is 8.42 Å². The molecule has 1 heterocycles. The van der Waals surface area contributed by atoms with E-state index in [-0.39, 0.29) is 35.0 Å². The standard InChI is InChI=1S/C28H37BrO9S/c1-5-12-37-28-25(36-13-6-10-29)17-20(18-26(28)39(31,32)14-7-11-30)22-9-8-21(38-22)19-15-23(33-2)27(35-4)24(16-19)34-3/h11,15-18,21-22H,5-10,12-14H2,1-4H3/t21-,22-/m0/s1. The number of carbonyl (C=O) groups excluding carboxylic acids is 1. The van der Waals surface area contributed by atoms with Crippen molar-refractivity contribution in [3.63, 3.8) is 0 Å². The molecule has 0 spiro atoms. The molecular formula is C28H37BrO9S. The maximum Gasteiger partial charge on any atom is 0.203 e. The van der Waals surface area contributed by atoms with Crippen LogP contribution in [0.15, 0.2) is 29.2 Å². The number of carbonyl (C=O) groups is 1. The van der Waals surface area contributed by atoms with Crippen LogP contribution in [-0.4, -0.2) is 60.3 Å². The van der Waals surface area contributed by atoms with Crippen LogP contribution in [0.25, 0.3) is 0 Å². The first kappa shape index (κ1) is 31.0. The summed E-state index contributed by atoms with van der Waals surface area (Å²) in [5.41, 5.74) is 1.54. The molecule has 2 aromatic carbocycles. The average molecular weight is 630 g/mol. The molecule has 0 saturated carbocycles. The minimum absolute atomic E-state index is 0.0176. The van der Waals surface area contributed by atoms with Gasteiger partial charge in [-0.15, -0.1) is 0 Å². The van der Waals surface area contributed by atoms with E-state index in [1.165, 1.54) is 0 Å². The Labute approximate surface area is 239 Å². The molecule has 3 rings (SSSR count). The van der Waals surface area contributed by atoms with Crippen LogP contribution in [0.3, 0.4) is 0 Å². The second-order valence-electron chi connectivity index (χ2n) is 9.01. The van der Waals surface area contributed by atoms with Gasteiger partial charge in [0.2, 0.25) is 5.75 Å². The lowest BCUT2D eigenvalue weighted by atomic mass is 10.0. The van der Waals surface area contributed by atoms with E-state index < -0.39 is 9.84 Å². The van der Waals surface area contributed by atoms with E-state index in [0.717, 1.165) is 17.3 Å². The summed E-state index contributed by atoms with van der Waals surface area (Å²) < 4.78 is 61.5. The summed E-state index contributed by atoms with van der Waals surface area (Å²) >= 11 is 3.40. The van der Waals surface area contributed by atoms with Crippen molar-refractivity contribution in [1.82, 2.24) is 0 Å². The lowest BCUT2D eigenvalue weighted by molar-refractivity contribution is -0.107. The van der Waals surface area contributed by atoms with Gasteiger partial charge in [0.1, 0.15) is 11.2 Å². The Morgan fingerprint density at radius 2 is 1.51 bits per heavy atom.